The fourth-order valence-corrected chi connectivity index (χ4v) is 1.49. The molecule has 0 heterocycles. The molecule has 4 nitrogen and oxygen atoms in total. The average Bonchev–Trinajstić information content (AvgIpc) is 2.27. The Labute approximate surface area is 112 Å². The molecule has 0 bridgehead atoms. The van der Waals surface area contributed by atoms with Gasteiger partial charge in [0.1, 0.15) is 6.07 Å². The SMILES string of the molecule is CC(C)(C)[C@H](N)C(=O)Nc1cc(Cl)ccc1C#N. The first-order valence-electron chi connectivity index (χ1n) is 5.52. The molecule has 0 saturated carbocycles. The van der Waals surface area contributed by atoms with E-state index in [4.69, 9.17) is 22.6 Å². The van der Waals surface area contributed by atoms with Crippen LogP contribution in [0, 0.1) is 16.7 Å². The van der Waals surface area contributed by atoms with E-state index in [2.05, 4.69) is 5.32 Å². The maximum absolute atomic E-state index is 11.9. The number of nitriles is 1. The van der Waals surface area contributed by atoms with Gasteiger partial charge in [-0.25, -0.2) is 0 Å². The molecule has 96 valence electrons. The van der Waals surface area contributed by atoms with E-state index in [1.165, 1.54) is 6.07 Å². The van der Waals surface area contributed by atoms with Crippen molar-refractivity contribution in [1.82, 2.24) is 0 Å². The minimum absolute atomic E-state index is 0.332. The number of nitrogens with two attached hydrogens (primary N) is 1. The third kappa shape index (κ3) is 3.46. The number of carbonyl (C=O) groups excluding carboxylic acids is 1. The molecule has 5 heteroatoms. The van der Waals surface area contributed by atoms with Gasteiger partial charge in [-0.1, -0.05) is 32.4 Å². The summed E-state index contributed by atoms with van der Waals surface area (Å²) in [6.07, 6.45) is 0. The second kappa shape index (κ2) is 5.38. The Bertz CT molecular complexity index is 500. The lowest BCUT2D eigenvalue weighted by Gasteiger charge is -2.26. The summed E-state index contributed by atoms with van der Waals surface area (Å²) in [6.45, 7) is 5.63. The van der Waals surface area contributed by atoms with E-state index in [1.807, 2.05) is 26.8 Å². The fourth-order valence-electron chi connectivity index (χ4n) is 1.32. The minimum atomic E-state index is -0.664. The highest BCUT2D eigenvalue weighted by atomic mass is 35.5. The molecule has 0 radical (unpaired) electrons. The summed E-state index contributed by atoms with van der Waals surface area (Å²) in [7, 11) is 0. The van der Waals surface area contributed by atoms with Crippen LogP contribution in [0.5, 0.6) is 0 Å². The van der Waals surface area contributed by atoms with Crippen molar-refractivity contribution >= 4 is 23.2 Å². The van der Waals surface area contributed by atoms with Gasteiger partial charge in [0.15, 0.2) is 0 Å². The molecule has 0 aliphatic heterocycles. The normalized spacial score (nSPS) is 12.7. The quantitative estimate of drug-likeness (QED) is 0.862. The maximum atomic E-state index is 11.9. The lowest BCUT2D eigenvalue weighted by atomic mass is 9.87. The Kier molecular flexibility index (Phi) is 4.33. The largest absolute Gasteiger partial charge is 0.323 e. The Morgan fingerprint density at radius 1 is 1.50 bits per heavy atom. The van der Waals surface area contributed by atoms with Gasteiger partial charge < -0.3 is 11.1 Å². The Hall–Kier alpha value is -1.57. The third-order valence-electron chi connectivity index (χ3n) is 2.58. The second-order valence-corrected chi connectivity index (χ2v) is 5.57. The number of rotatable bonds is 2. The van der Waals surface area contributed by atoms with Crippen LogP contribution in [0.2, 0.25) is 5.02 Å². The number of benzene rings is 1. The van der Waals surface area contributed by atoms with Gasteiger partial charge in [-0.3, -0.25) is 4.79 Å². The van der Waals surface area contributed by atoms with Crippen molar-refractivity contribution in [2.45, 2.75) is 26.8 Å². The van der Waals surface area contributed by atoms with Crippen molar-refractivity contribution in [2.75, 3.05) is 5.32 Å². The summed E-state index contributed by atoms with van der Waals surface area (Å²) in [5.41, 5.74) is 6.23. The fraction of sp³-hybridized carbons (Fsp3) is 0.385. The molecule has 1 aromatic rings. The van der Waals surface area contributed by atoms with Crippen LogP contribution >= 0.6 is 11.6 Å². The zero-order valence-electron chi connectivity index (χ0n) is 10.6. The van der Waals surface area contributed by atoms with E-state index >= 15 is 0 Å². The van der Waals surface area contributed by atoms with Crippen LogP contribution in [0.1, 0.15) is 26.3 Å². The summed E-state index contributed by atoms with van der Waals surface area (Å²) in [4.78, 5) is 11.9. The molecule has 1 amide bonds. The van der Waals surface area contributed by atoms with E-state index in [-0.39, 0.29) is 11.3 Å². The van der Waals surface area contributed by atoms with Gasteiger partial charge in [0.05, 0.1) is 17.3 Å². The number of hydrogen-bond donors (Lipinski definition) is 2. The van der Waals surface area contributed by atoms with Gasteiger partial charge in [-0.15, -0.1) is 0 Å². The molecule has 0 unspecified atom stereocenters. The highest BCUT2D eigenvalue weighted by molar-refractivity contribution is 6.31. The molecule has 0 fully saturated rings. The van der Waals surface area contributed by atoms with Crippen molar-refractivity contribution in [1.29, 1.82) is 5.26 Å². The summed E-state index contributed by atoms with van der Waals surface area (Å²) >= 11 is 5.83. The van der Waals surface area contributed by atoms with E-state index in [0.717, 1.165) is 0 Å². The number of carbonyl (C=O) groups is 1. The Morgan fingerprint density at radius 3 is 2.61 bits per heavy atom. The van der Waals surface area contributed by atoms with Crippen LogP contribution < -0.4 is 11.1 Å². The molecule has 1 aromatic carbocycles. The first-order valence-corrected chi connectivity index (χ1v) is 5.89. The predicted octanol–water partition coefficient (Wildman–Crippen LogP) is 2.52. The zero-order chi connectivity index (χ0) is 13.9. The zero-order valence-corrected chi connectivity index (χ0v) is 11.4. The van der Waals surface area contributed by atoms with Crippen molar-refractivity contribution in [3.63, 3.8) is 0 Å². The van der Waals surface area contributed by atoms with Crippen LogP contribution in [0.15, 0.2) is 18.2 Å². The van der Waals surface area contributed by atoms with E-state index in [0.29, 0.717) is 16.3 Å². The first-order chi connectivity index (χ1) is 8.25. The molecular formula is C13H16ClN3O. The summed E-state index contributed by atoms with van der Waals surface area (Å²) < 4.78 is 0. The highest BCUT2D eigenvalue weighted by Gasteiger charge is 2.27. The van der Waals surface area contributed by atoms with E-state index in [9.17, 15) is 4.79 Å². The van der Waals surface area contributed by atoms with Crippen molar-refractivity contribution in [2.24, 2.45) is 11.1 Å². The molecular weight excluding hydrogens is 250 g/mol. The van der Waals surface area contributed by atoms with E-state index in [1.54, 1.807) is 12.1 Å². The predicted molar refractivity (Wildman–Crippen MR) is 72.2 cm³/mol. The summed E-state index contributed by atoms with van der Waals surface area (Å²) in [5, 5.41) is 12.0. The van der Waals surface area contributed by atoms with Crippen LogP contribution in [0.4, 0.5) is 5.69 Å². The van der Waals surface area contributed by atoms with Gasteiger partial charge >= 0.3 is 0 Å². The van der Waals surface area contributed by atoms with Crippen LogP contribution in [-0.2, 0) is 4.79 Å². The Morgan fingerprint density at radius 2 is 2.11 bits per heavy atom. The molecule has 0 aliphatic rings. The third-order valence-corrected chi connectivity index (χ3v) is 2.81. The summed E-state index contributed by atoms with van der Waals surface area (Å²) in [5.74, 6) is -0.332. The molecule has 0 spiro atoms. The van der Waals surface area contributed by atoms with Crippen LogP contribution in [-0.4, -0.2) is 11.9 Å². The van der Waals surface area contributed by atoms with Gasteiger partial charge in [-0.05, 0) is 23.6 Å². The molecule has 18 heavy (non-hydrogen) atoms. The summed E-state index contributed by atoms with van der Waals surface area (Å²) in [6, 6.07) is 6.02. The molecule has 1 atom stereocenters. The second-order valence-electron chi connectivity index (χ2n) is 5.13. The monoisotopic (exact) mass is 265 g/mol. The molecule has 3 N–H and O–H groups in total. The lowest BCUT2D eigenvalue weighted by molar-refractivity contribution is -0.119. The topological polar surface area (TPSA) is 78.9 Å². The van der Waals surface area contributed by atoms with Gasteiger partial charge in [0, 0.05) is 5.02 Å². The van der Waals surface area contributed by atoms with Gasteiger partial charge in [0.2, 0.25) is 5.91 Å². The number of anilines is 1. The smallest absolute Gasteiger partial charge is 0.241 e. The van der Waals surface area contributed by atoms with Gasteiger partial charge in [-0.2, -0.15) is 5.26 Å². The van der Waals surface area contributed by atoms with Crippen molar-refractivity contribution in [3.8, 4) is 6.07 Å². The minimum Gasteiger partial charge on any atom is -0.323 e. The molecule has 0 aromatic heterocycles. The molecule has 0 aliphatic carbocycles. The maximum Gasteiger partial charge on any atom is 0.241 e. The standard InChI is InChI=1S/C13H16ClN3O/c1-13(2,3)11(16)12(18)17-10-6-9(14)5-4-8(10)7-15/h4-6,11H,16H2,1-3H3,(H,17,18)/t11-/m1/s1. The molecule has 1 rings (SSSR count). The number of nitrogens with one attached hydrogen (secondary N) is 1. The number of amides is 1. The van der Waals surface area contributed by atoms with Crippen LogP contribution in [0.3, 0.4) is 0 Å². The average molecular weight is 266 g/mol. The number of nitrogens with zero attached hydrogens (tertiary/aromatic N) is 1. The van der Waals surface area contributed by atoms with E-state index < -0.39 is 6.04 Å². The van der Waals surface area contributed by atoms with Crippen molar-refractivity contribution < 1.29 is 4.79 Å². The first kappa shape index (κ1) is 14.5. The molecule has 0 saturated heterocycles. The number of halogens is 1. The Balaban J connectivity index is 2.96. The van der Waals surface area contributed by atoms with Crippen molar-refractivity contribution in [3.05, 3.63) is 28.8 Å². The van der Waals surface area contributed by atoms with Crippen LogP contribution in [0.25, 0.3) is 0 Å². The number of hydrogen-bond acceptors (Lipinski definition) is 3. The highest BCUT2D eigenvalue weighted by Crippen LogP contribution is 2.23. The van der Waals surface area contributed by atoms with Gasteiger partial charge in [0.25, 0.3) is 0 Å². The lowest BCUT2D eigenvalue weighted by Crippen LogP contribution is -2.45.